The molecule has 1 atom stereocenters. The van der Waals surface area contributed by atoms with Crippen LogP contribution in [0.4, 0.5) is 0 Å². The Balaban J connectivity index is 3.18. The van der Waals surface area contributed by atoms with E-state index in [1.807, 2.05) is 0 Å². The van der Waals surface area contributed by atoms with Crippen molar-refractivity contribution in [1.82, 2.24) is 0 Å². The number of aliphatic carboxylic acids is 1. The number of hydrogen-bond donors (Lipinski definition) is 2. The zero-order valence-electron chi connectivity index (χ0n) is 15.1. The monoisotopic (exact) mass is 326 g/mol. The number of unbranched alkanes of at least 4 members (excludes halogenated alkanes) is 11. The molecule has 3 nitrogen and oxygen atoms in total. The van der Waals surface area contributed by atoms with Gasteiger partial charge in [0.2, 0.25) is 0 Å². The van der Waals surface area contributed by atoms with Crippen LogP contribution in [0.15, 0.2) is 12.2 Å². The molecule has 0 aromatic carbocycles. The fraction of sp³-hybridized carbons (Fsp3) is 0.850. The molecule has 0 aromatic heterocycles. The molecular formula is C20H38O3. The Labute approximate surface area is 143 Å². The molecule has 136 valence electrons. The van der Waals surface area contributed by atoms with Gasteiger partial charge in [-0.3, -0.25) is 4.79 Å². The summed E-state index contributed by atoms with van der Waals surface area (Å²) in [7, 11) is 0. The minimum absolute atomic E-state index is 0.126. The van der Waals surface area contributed by atoms with Gasteiger partial charge in [0.25, 0.3) is 0 Å². The van der Waals surface area contributed by atoms with Crippen LogP contribution >= 0.6 is 0 Å². The van der Waals surface area contributed by atoms with Gasteiger partial charge in [-0.15, -0.1) is 0 Å². The van der Waals surface area contributed by atoms with Gasteiger partial charge in [0.05, 0.1) is 12.5 Å². The number of allylic oxidation sites excluding steroid dienone is 2. The lowest BCUT2D eigenvalue weighted by Crippen LogP contribution is -2.12. The average molecular weight is 327 g/mol. The molecule has 0 fully saturated rings. The van der Waals surface area contributed by atoms with Crippen LogP contribution in [0.3, 0.4) is 0 Å². The standard InChI is InChI=1S/C20H38O3/c1-2-3-4-5-6-7-8-9-10-11-12-13-14-15-16-17-19(21)18-20(22)23/h11-12,19,21H,2-10,13-18H2,1H3,(H,22,23). The van der Waals surface area contributed by atoms with E-state index >= 15 is 0 Å². The normalized spacial score (nSPS) is 12.8. The summed E-state index contributed by atoms with van der Waals surface area (Å²) in [5.74, 6) is -0.915. The second kappa shape index (κ2) is 17.5. The van der Waals surface area contributed by atoms with Gasteiger partial charge in [-0.25, -0.2) is 0 Å². The maximum absolute atomic E-state index is 10.4. The van der Waals surface area contributed by atoms with Crippen LogP contribution in [0.2, 0.25) is 0 Å². The molecule has 0 aliphatic carbocycles. The first kappa shape index (κ1) is 22.2. The van der Waals surface area contributed by atoms with E-state index in [0.717, 1.165) is 25.7 Å². The summed E-state index contributed by atoms with van der Waals surface area (Å²) < 4.78 is 0. The van der Waals surface area contributed by atoms with Crippen molar-refractivity contribution < 1.29 is 15.0 Å². The Morgan fingerprint density at radius 2 is 1.30 bits per heavy atom. The molecule has 23 heavy (non-hydrogen) atoms. The highest BCUT2D eigenvalue weighted by atomic mass is 16.4. The predicted molar refractivity (Wildman–Crippen MR) is 97.7 cm³/mol. The number of carboxylic acid groups (broad SMARTS) is 1. The second-order valence-electron chi connectivity index (χ2n) is 6.62. The van der Waals surface area contributed by atoms with Gasteiger partial charge in [-0.2, -0.15) is 0 Å². The molecule has 1 unspecified atom stereocenters. The molecule has 0 spiro atoms. The number of aliphatic hydroxyl groups is 1. The highest BCUT2D eigenvalue weighted by Crippen LogP contribution is 2.11. The van der Waals surface area contributed by atoms with Crippen molar-refractivity contribution in [3.05, 3.63) is 12.2 Å². The van der Waals surface area contributed by atoms with Gasteiger partial charge in [-0.1, -0.05) is 76.9 Å². The molecular weight excluding hydrogens is 288 g/mol. The summed E-state index contributed by atoms with van der Waals surface area (Å²) in [5, 5.41) is 18.0. The van der Waals surface area contributed by atoms with Crippen molar-refractivity contribution in [3.63, 3.8) is 0 Å². The number of carbonyl (C=O) groups is 1. The minimum Gasteiger partial charge on any atom is -0.481 e. The summed E-state index contributed by atoms with van der Waals surface area (Å²) >= 11 is 0. The van der Waals surface area contributed by atoms with Gasteiger partial charge >= 0.3 is 5.97 Å². The van der Waals surface area contributed by atoms with Crippen molar-refractivity contribution in [2.24, 2.45) is 0 Å². The van der Waals surface area contributed by atoms with Crippen molar-refractivity contribution in [2.45, 2.75) is 109 Å². The van der Waals surface area contributed by atoms with Crippen molar-refractivity contribution in [2.75, 3.05) is 0 Å². The van der Waals surface area contributed by atoms with Crippen LogP contribution < -0.4 is 0 Å². The fourth-order valence-electron chi connectivity index (χ4n) is 2.75. The van der Waals surface area contributed by atoms with Crippen LogP contribution in [-0.4, -0.2) is 22.3 Å². The largest absolute Gasteiger partial charge is 0.481 e. The highest BCUT2D eigenvalue weighted by Gasteiger charge is 2.08. The third-order valence-electron chi connectivity index (χ3n) is 4.21. The Morgan fingerprint density at radius 3 is 1.83 bits per heavy atom. The van der Waals surface area contributed by atoms with Crippen LogP contribution in [0, 0.1) is 0 Å². The molecule has 0 rings (SSSR count). The topological polar surface area (TPSA) is 57.5 Å². The van der Waals surface area contributed by atoms with Gasteiger partial charge in [0, 0.05) is 0 Å². The molecule has 0 aromatic rings. The van der Waals surface area contributed by atoms with Gasteiger partial charge in [0.1, 0.15) is 0 Å². The fourth-order valence-corrected chi connectivity index (χ4v) is 2.75. The van der Waals surface area contributed by atoms with E-state index in [4.69, 9.17) is 5.11 Å². The van der Waals surface area contributed by atoms with E-state index in [1.165, 1.54) is 57.8 Å². The first-order chi connectivity index (χ1) is 11.2. The van der Waals surface area contributed by atoms with Crippen LogP contribution in [0.1, 0.15) is 103 Å². The summed E-state index contributed by atoms with van der Waals surface area (Å²) in [5.41, 5.74) is 0. The first-order valence-corrected chi connectivity index (χ1v) is 9.71. The van der Waals surface area contributed by atoms with Gasteiger partial charge < -0.3 is 10.2 Å². The summed E-state index contributed by atoms with van der Waals surface area (Å²) in [6, 6.07) is 0. The number of carboxylic acids is 1. The third kappa shape index (κ3) is 19.1. The van der Waals surface area contributed by atoms with E-state index in [1.54, 1.807) is 0 Å². The SMILES string of the molecule is CCCCCCCCCCC=CCCCCCC(O)CC(=O)O. The summed E-state index contributed by atoms with van der Waals surface area (Å²) in [4.78, 5) is 10.4. The van der Waals surface area contributed by atoms with E-state index in [0.29, 0.717) is 6.42 Å². The number of rotatable bonds is 17. The average Bonchev–Trinajstić information content (AvgIpc) is 2.50. The summed E-state index contributed by atoms with van der Waals surface area (Å²) in [6.07, 6.45) is 20.8. The molecule has 0 heterocycles. The lowest BCUT2D eigenvalue weighted by atomic mass is 10.1. The Morgan fingerprint density at radius 1 is 0.826 bits per heavy atom. The molecule has 3 heteroatoms. The zero-order valence-corrected chi connectivity index (χ0v) is 15.1. The van der Waals surface area contributed by atoms with Crippen LogP contribution in [0.25, 0.3) is 0 Å². The second-order valence-corrected chi connectivity index (χ2v) is 6.62. The van der Waals surface area contributed by atoms with Crippen molar-refractivity contribution >= 4 is 5.97 Å². The van der Waals surface area contributed by atoms with E-state index in [-0.39, 0.29) is 6.42 Å². The van der Waals surface area contributed by atoms with E-state index in [9.17, 15) is 9.90 Å². The number of hydrogen-bond acceptors (Lipinski definition) is 2. The smallest absolute Gasteiger partial charge is 0.305 e. The van der Waals surface area contributed by atoms with E-state index < -0.39 is 12.1 Å². The third-order valence-corrected chi connectivity index (χ3v) is 4.21. The number of aliphatic hydroxyl groups excluding tert-OH is 1. The Hall–Kier alpha value is -0.830. The summed E-state index contributed by atoms with van der Waals surface area (Å²) in [6.45, 7) is 2.26. The van der Waals surface area contributed by atoms with Crippen molar-refractivity contribution in [3.8, 4) is 0 Å². The highest BCUT2D eigenvalue weighted by molar-refractivity contribution is 5.67. The zero-order chi connectivity index (χ0) is 17.2. The lowest BCUT2D eigenvalue weighted by molar-refractivity contribution is -0.139. The molecule has 0 radical (unpaired) electrons. The van der Waals surface area contributed by atoms with Crippen LogP contribution in [0.5, 0.6) is 0 Å². The molecule has 0 aliphatic heterocycles. The molecule has 0 aliphatic rings. The molecule has 0 amide bonds. The van der Waals surface area contributed by atoms with Crippen LogP contribution in [-0.2, 0) is 4.79 Å². The molecule has 0 saturated carbocycles. The quantitative estimate of drug-likeness (QED) is 0.260. The van der Waals surface area contributed by atoms with Crippen molar-refractivity contribution in [1.29, 1.82) is 0 Å². The van der Waals surface area contributed by atoms with Gasteiger partial charge in [0.15, 0.2) is 0 Å². The molecule has 2 N–H and O–H groups in total. The molecule has 0 saturated heterocycles. The Kier molecular flexibility index (Phi) is 16.9. The maximum Gasteiger partial charge on any atom is 0.305 e. The lowest BCUT2D eigenvalue weighted by Gasteiger charge is -2.06. The Bertz CT molecular complexity index is 287. The maximum atomic E-state index is 10.4. The van der Waals surface area contributed by atoms with E-state index in [2.05, 4.69) is 19.1 Å². The van der Waals surface area contributed by atoms with Gasteiger partial charge in [-0.05, 0) is 32.1 Å². The minimum atomic E-state index is -0.915. The first-order valence-electron chi connectivity index (χ1n) is 9.71. The predicted octanol–water partition coefficient (Wildman–Crippen LogP) is 5.86. The molecule has 0 bridgehead atoms.